The van der Waals surface area contributed by atoms with Gasteiger partial charge in [-0.15, -0.1) is 0 Å². The van der Waals surface area contributed by atoms with E-state index < -0.39 is 0 Å². The van der Waals surface area contributed by atoms with E-state index in [-0.39, 0.29) is 11.8 Å². The van der Waals surface area contributed by atoms with Crippen molar-refractivity contribution in [2.24, 2.45) is 11.8 Å². The molecule has 6 heteroatoms. The third kappa shape index (κ3) is 5.00. The van der Waals surface area contributed by atoms with Crippen LogP contribution in [0.1, 0.15) is 24.8 Å². The number of hydrogen-bond acceptors (Lipinski definition) is 5. The molecule has 2 aliphatic heterocycles. The Bertz CT molecular complexity index is 785. The second-order valence-corrected chi connectivity index (χ2v) is 9.18. The van der Waals surface area contributed by atoms with Crippen LogP contribution in [0.3, 0.4) is 0 Å². The lowest BCUT2D eigenvalue weighted by Gasteiger charge is -2.37. The molecule has 4 rings (SSSR count). The van der Waals surface area contributed by atoms with Crippen LogP contribution in [0.5, 0.6) is 5.75 Å². The first kappa shape index (κ1) is 20.4. The van der Waals surface area contributed by atoms with E-state index in [1.165, 1.54) is 18.4 Å². The molecule has 29 heavy (non-hydrogen) atoms. The Kier molecular flexibility index (Phi) is 6.53. The average Bonchev–Trinajstić information content (AvgIpc) is 3.39. The predicted molar refractivity (Wildman–Crippen MR) is 118 cm³/mol. The molecule has 3 heterocycles. The maximum absolute atomic E-state index is 12.8. The number of piperidine rings is 1. The van der Waals surface area contributed by atoms with Gasteiger partial charge in [0.25, 0.3) is 0 Å². The Balaban J connectivity index is 1.27. The molecule has 0 spiro atoms. The van der Waals surface area contributed by atoms with Gasteiger partial charge in [-0.05, 0) is 92.0 Å². The highest BCUT2D eigenvalue weighted by molar-refractivity contribution is 7.07. The third-order valence-corrected chi connectivity index (χ3v) is 7.22. The van der Waals surface area contributed by atoms with Gasteiger partial charge in [0, 0.05) is 24.8 Å². The number of benzene rings is 1. The van der Waals surface area contributed by atoms with Crippen LogP contribution in [0.25, 0.3) is 0 Å². The van der Waals surface area contributed by atoms with Crippen LogP contribution in [-0.2, 0) is 11.3 Å². The van der Waals surface area contributed by atoms with Gasteiger partial charge in [0.1, 0.15) is 5.75 Å². The van der Waals surface area contributed by atoms with Crippen molar-refractivity contribution in [3.63, 3.8) is 0 Å². The van der Waals surface area contributed by atoms with Crippen LogP contribution < -0.4 is 10.1 Å². The number of carbonyl (C=O) groups excluding carboxylic acids is 1. The van der Waals surface area contributed by atoms with E-state index in [0.29, 0.717) is 12.0 Å². The van der Waals surface area contributed by atoms with E-state index in [2.05, 4.69) is 39.0 Å². The minimum Gasteiger partial charge on any atom is -0.497 e. The van der Waals surface area contributed by atoms with Crippen molar-refractivity contribution < 1.29 is 9.53 Å². The van der Waals surface area contributed by atoms with Crippen LogP contribution in [0.2, 0.25) is 0 Å². The molecule has 0 aliphatic carbocycles. The van der Waals surface area contributed by atoms with E-state index >= 15 is 0 Å². The quantitative estimate of drug-likeness (QED) is 0.779. The molecular formula is C23H31N3O2S. The van der Waals surface area contributed by atoms with Gasteiger partial charge in [0.2, 0.25) is 5.91 Å². The molecule has 2 fully saturated rings. The van der Waals surface area contributed by atoms with Crippen molar-refractivity contribution in [3.8, 4) is 5.75 Å². The lowest BCUT2D eigenvalue weighted by atomic mass is 9.86. The summed E-state index contributed by atoms with van der Waals surface area (Å²) in [6.07, 6.45) is 3.42. The van der Waals surface area contributed by atoms with E-state index in [9.17, 15) is 4.79 Å². The first-order chi connectivity index (χ1) is 14.1. The molecule has 2 saturated heterocycles. The van der Waals surface area contributed by atoms with Crippen molar-refractivity contribution in [3.05, 3.63) is 46.7 Å². The average molecular weight is 414 g/mol. The van der Waals surface area contributed by atoms with Crippen LogP contribution in [0, 0.1) is 11.8 Å². The smallest absolute Gasteiger partial charge is 0.228 e. The normalized spacial score (nSPS) is 23.9. The molecule has 0 radical (unpaired) electrons. The summed E-state index contributed by atoms with van der Waals surface area (Å²) < 4.78 is 5.18. The van der Waals surface area contributed by atoms with Gasteiger partial charge in [0.05, 0.1) is 13.0 Å². The van der Waals surface area contributed by atoms with Crippen LogP contribution >= 0.6 is 11.3 Å². The number of anilines is 1. The first-order valence-electron chi connectivity index (χ1n) is 10.5. The van der Waals surface area contributed by atoms with Gasteiger partial charge in [-0.2, -0.15) is 11.3 Å². The van der Waals surface area contributed by atoms with Crippen molar-refractivity contribution in [1.29, 1.82) is 0 Å². The third-order valence-electron chi connectivity index (χ3n) is 6.49. The number of carbonyl (C=O) groups is 1. The minimum atomic E-state index is 0.0657. The zero-order valence-electron chi connectivity index (χ0n) is 17.3. The van der Waals surface area contributed by atoms with Gasteiger partial charge in [-0.25, -0.2) is 0 Å². The summed E-state index contributed by atoms with van der Waals surface area (Å²) in [4.78, 5) is 17.8. The number of rotatable bonds is 6. The molecule has 1 aromatic heterocycles. The Morgan fingerprint density at radius 3 is 2.62 bits per heavy atom. The minimum absolute atomic E-state index is 0.0657. The van der Waals surface area contributed by atoms with Crippen molar-refractivity contribution in [1.82, 2.24) is 9.80 Å². The standard InChI is InChI=1S/C23H31N3O2S/c1-25-15-19(23(27)24-20-3-5-21(28-2)6-4-20)13-22(25)18-7-10-26(11-8-18)14-17-9-12-29-16-17/h3-6,9,12,16,18-19,22H,7-8,10-11,13-15H2,1-2H3,(H,24,27)/t19-,22-/m0/s1. The maximum atomic E-state index is 12.8. The Morgan fingerprint density at radius 1 is 1.21 bits per heavy atom. The van der Waals surface area contributed by atoms with E-state index in [1.54, 1.807) is 18.4 Å². The second kappa shape index (κ2) is 9.28. The fraction of sp³-hybridized carbons (Fsp3) is 0.522. The number of hydrogen-bond donors (Lipinski definition) is 1. The van der Waals surface area contributed by atoms with Crippen molar-refractivity contribution in [2.45, 2.75) is 31.8 Å². The zero-order valence-corrected chi connectivity index (χ0v) is 18.2. The summed E-state index contributed by atoms with van der Waals surface area (Å²) in [5.74, 6) is 1.70. The monoisotopic (exact) mass is 413 g/mol. The number of ether oxygens (including phenoxy) is 1. The van der Waals surface area contributed by atoms with Gasteiger partial charge in [0.15, 0.2) is 0 Å². The van der Waals surface area contributed by atoms with Crippen LogP contribution in [-0.4, -0.2) is 55.5 Å². The number of thiophene rings is 1. The van der Waals surface area contributed by atoms with Crippen molar-refractivity contribution in [2.75, 3.05) is 39.1 Å². The summed E-state index contributed by atoms with van der Waals surface area (Å²) in [6, 6.07) is 10.3. The number of likely N-dealkylation sites (tertiary alicyclic amines) is 2. The molecular weight excluding hydrogens is 382 g/mol. The molecule has 0 unspecified atom stereocenters. The molecule has 0 bridgehead atoms. The SMILES string of the molecule is COc1ccc(NC(=O)[C@H]2C[C@@H](C3CCN(Cc4ccsc4)CC3)N(C)C2)cc1. The predicted octanol–water partition coefficient (Wildman–Crippen LogP) is 3.93. The lowest BCUT2D eigenvalue weighted by Crippen LogP contribution is -2.41. The molecule has 0 saturated carbocycles. The molecule has 1 aromatic carbocycles. The Morgan fingerprint density at radius 2 is 1.97 bits per heavy atom. The summed E-state index contributed by atoms with van der Waals surface area (Å²) in [5.41, 5.74) is 2.27. The highest BCUT2D eigenvalue weighted by Gasteiger charge is 2.39. The second-order valence-electron chi connectivity index (χ2n) is 8.40. The topological polar surface area (TPSA) is 44.8 Å². The fourth-order valence-corrected chi connectivity index (χ4v) is 5.49. The zero-order chi connectivity index (χ0) is 20.2. The van der Waals surface area contributed by atoms with Gasteiger partial charge in [-0.1, -0.05) is 0 Å². The van der Waals surface area contributed by atoms with Crippen molar-refractivity contribution >= 4 is 22.9 Å². The highest BCUT2D eigenvalue weighted by atomic mass is 32.1. The largest absolute Gasteiger partial charge is 0.497 e. The van der Waals surface area contributed by atoms with Gasteiger partial charge < -0.3 is 15.0 Å². The summed E-state index contributed by atoms with van der Waals surface area (Å²) in [6.45, 7) is 4.24. The Hall–Kier alpha value is -1.89. The molecule has 1 N–H and O–H groups in total. The van der Waals surface area contributed by atoms with E-state index in [0.717, 1.165) is 44.0 Å². The lowest BCUT2D eigenvalue weighted by molar-refractivity contribution is -0.119. The molecule has 1 amide bonds. The molecule has 2 aliphatic rings. The first-order valence-corrected chi connectivity index (χ1v) is 11.4. The number of methoxy groups -OCH3 is 1. The summed E-state index contributed by atoms with van der Waals surface area (Å²) >= 11 is 1.78. The van der Waals surface area contributed by atoms with Crippen LogP contribution in [0.4, 0.5) is 5.69 Å². The molecule has 2 aromatic rings. The number of nitrogens with one attached hydrogen (secondary N) is 1. The van der Waals surface area contributed by atoms with E-state index in [4.69, 9.17) is 4.74 Å². The highest BCUT2D eigenvalue weighted by Crippen LogP contribution is 2.34. The number of amides is 1. The summed E-state index contributed by atoms with van der Waals surface area (Å²) in [5, 5.41) is 7.49. The fourth-order valence-electron chi connectivity index (χ4n) is 4.83. The Labute approximate surface area is 177 Å². The van der Waals surface area contributed by atoms with Gasteiger partial charge in [-0.3, -0.25) is 9.69 Å². The maximum Gasteiger partial charge on any atom is 0.228 e. The van der Waals surface area contributed by atoms with Crippen LogP contribution in [0.15, 0.2) is 41.1 Å². The van der Waals surface area contributed by atoms with Gasteiger partial charge >= 0.3 is 0 Å². The number of nitrogens with zero attached hydrogens (tertiary/aromatic N) is 2. The molecule has 5 nitrogen and oxygen atoms in total. The molecule has 2 atom stereocenters. The summed E-state index contributed by atoms with van der Waals surface area (Å²) in [7, 11) is 3.83. The molecule has 156 valence electrons. The van der Waals surface area contributed by atoms with E-state index in [1.807, 2.05) is 24.3 Å².